The Morgan fingerprint density at radius 2 is 2.17 bits per heavy atom. The third-order valence-electron chi connectivity index (χ3n) is 4.36. The monoisotopic (exact) mass is 346 g/mol. The normalized spacial score (nSPS) is 16.0. The number of carbonyl (C=O) groups excluding carboxylic acids is 1. The van der Waals surface area contributed by atoms with Crippen molar-refractivity contribution in [1.29, 1.82) is 0 Å². The van der Waals surface area contributed by atoms with Crippen LogP contribution in [0.4, 0.5) is 0 Å². The molecule has 1 aliphatic rings. The third kappa shape index (κ3) is 3.71. The van der Waals surface area contributed by atoms with E-state index in [0.29, 0.717) is 12.3 Å². The quantitative estimate of drug-likeness (QED) is 0.844. The summed E-state index contributed by atoms with van der Waals surface area (Å²) in [6.07, 6.45) is 2.41. The summed E-state index contributed by atoms with van der Waals surface area (Å²) in [5.41, 5.74) is 0.266. The Hall–Kier alpha value is -2.05. The molecule has 3 rings (SSSR count). The molecule has 0 bridgehead atoms. The fourth-order valence-electron chi connectivity index (χ4n) is 3.06. The average molecular weight is 346 g/mol. The van der Waals surface area contributed by atoms with Crippen molar-refractivity contribution >= 4 is 17.2 Å². The van der Waals surface area contributed by atoms with Crippen LogP contribution in [0, 0.1) is 0 Å². The van der Waals surface area contributed by atoms with Crippen LogP contribution in [-0.2, 0) is 0 Å². The lowest BCUT2D eigenvalue weighted by Crippen LogP contribution is -2.36. The number of methoxy groups -OCH3 is 1. The number of nitrogens with zero attached hydrogens (tertiary/aromatic N) is 1. The summed E-state index contributed by atoms with van der Waals surface area (Å²) in [4.78, 5) is 16.1. The van der Waals surface area contributed by atoms with Crippen molar-refractivity contribution in [3.8, 4) is 11.5 Å². The number of phenols is 1. The summed E-state index contributed by atoms with van der Waals surface area (Å²) in [6, 6.07) is 9.05. The zero-order valence-electron chi connectivity index (χ0n) is 13.7. The maximum Gasteiger partial charge on any atom is 0.255 e. The second-order valence-corrected chi connectivity index (χ2v) is 6.85. The number of carbonyl (C=O) groups is 1. The van der Waals surface area contributed by atoms with Crippen LogP contribution < -0.4 is 10.1 Å². The largest absolute Gasteiger partial charge is 0.507 e. The van der Waals surface area contributed by atoms with E-state index >= 15 is 0 Å². The number of likely N-dealkylation sites (tertiary alicyclic amines) is 1. The molecule has 24 heavy (non-hydrogen) atoms. The molecule has 1 aromatic carbocycles. The number of hydrogen-bond donors (Lipinski definition) is 2. The Labute approximate surface area is 145 Å². The van der Waals surface area contributed by atoms with Gasteiger partial charge in [0.15, 0.2) is 0 Å². The van der Waals surface area contributed by atoms with Crippen molar-refractivity contribution < 1.29 is 14.6 Å². The average Bonchev–Trinajstić information content (AvgIpc) is 3.28. The van der Waals surface area contributed by atoms with Gasteiger partial charge in [-0.15, -0.1) is 11.3 Å². The van der Waals surface area contributed by atoms with E-state index in [1.54, 1.807) is 23.5 Å². The highest BCUT2D eigenvalue weighted by atomic mass is 32.1. The van der Waals surface area contributed by atoms with Crippen molar-refractivity contribution in [2.24, 2.45) is 0 Å². The van der Waals surface area contributed by atoms with E-state index in [9.17, 15) is 9.90 Å². The highest BCUT2D eigenvalue weighted by Gasteiger charge is 2.25. The van der Waals surface area contributed by atoms with Gasteiger partial charge in [0.1, 0.15) is 11.5 Å². The lowest BCUT2D eigenvalue weighted by Gasteiger charge is -2.27. The van der Waals surface area contributed by atoms with Gasteiger partial charge in [-0.3, -0.25) is 9.69 Å². The molecule has 5 nitrogen and oxygen atoms in total. The Morgan fingerprint density at radius 1 is 1.38 bits per heavy atom. The highest BCUT2D eigenvalue weighted by molar-refractivity contribution is 7.10. The van der Waals surface area contributed by atoms with Crippen LogP contribution in [0.25, 0.3) is 0 Å². The lowest BCUT2D eigenvalue weighted by atomic mass is 10.1. The van der Waals surface area contributed by atoms with Crippen molar-refractivity contribution in [2.75, 3.05) is 26.7 Å². The fourth-order valence-corrected chi connectivity index (χ4v) is 3.92. The molecule has 1 atom stereocenters. The van der Waals surface area contributed by atoms with Gasteiger partial charge in [-0.05, 0) is 49.5 Å². The maximum absolute atomic E-state index is 12.4. The van der Waals surface area contributed by atoms with Crippen LogP contribution in [0.2, 0.25) is 0 Å². The minimum absolute atomic E-state index is 0.0688. The molecule has 128 valence electrons. The van der Waals surface area contributed by atoms with Gasteiger partial charge in [0, 0.05) is 17.5 Å². The molecule has 0 saturated carbocycles. The summed E-state index contributed by atoms with van der Waals surface area (Å²) in [5, 5.41) is 15.0. The molecule has 1 fully saturated rings. The number of thiophene rings is 1. The Morgan fingerprint density at radius 3 is 2.79 bits per heavy atom. The summed E-state index contributed by atoms with van der Waals surface area (Å²) < 4.78 is 5.05. The van der Waals surface area contributed by atoms with E-state index in [1.807, 2.05) is 6.07 Å². The van der Waals surface area contributed by atoms with Gasteiger partial charge in [-0.25, -0.2) is 0 Å². The Kier molecular flexibility index (Phi) is 5.37. The molecule has 0 aliphatic carbocycles. The standard InChI is InChI=1S/C18H22N2O3S/c1-23-13-6-7-14(16(21)11-13)18(22)19-12-15(17-5-4-10-24-17)20-8-2-3-9-20/h4-7,10-11,15,21H,2-3,8-9,12H2,1H3,(H,19,22). The molecule has 0 radical (unpaired) electrons. The molecule has 1 aromatic heterocycles. The number of aromatic hydroxyl groups is 1. The van der Waals surface area contributed by atoms with E-state index in [4.69, 9.17) is 4.74 Å². The number of phenolic OH excluding ortho intramolecular Hbond substituents is 1. The number of rotatable bonds is 6. The minimum atomic E-state index is -0.268. The molecule has 1 unspecified atom stereocenters. The summed E-state index contributed by atoms with van der Waals surface area (Å²) in [6.45, 7) is 2.66. The predicted octanol–water partition coefficient (Wildman–Crippen LogP) is 3.03. The van der Waals surface area contributed by atoms with E-state index in [1.165, 1.54) is 30.9 Å². The van der Waals surface area contributed by atoms with Crippen molar-refractivity contribution in [3.63, 3.8) is 0 Å². The van der Waals surface area contributed by atoms with Gasteiger partial charge in [0.2, 0.25) is 0 Å². The second-order valence-electron chi connectivity index (χ2n) is 5.87. The number of hydrogen-bond acceptors (Lipinski definition) is 5. The Balaban J connectivity index is 1.69. The smallest absolute Gasteiger partial charge is 0.255 e. The Bertz CT molecular complexity index is 682. The fraction of sp³-hybridized carbons (Fsp3) is 0.389. The first kappa shape index (κ1) is 16.8. The van der Waals surface area contributed by atoms with E-state index in [-0.39, 0.29) is 23.3 Å². The zero-order valence-corrected chi connectivity index (χ0v) is 14.5. The molecule has 2 heterocycles. The van der Waals surface area contributed by atoms with Gasteiger partial charge in [-0.2, -0.15) is 0 Å². The van der Waals surface area contributed by atoms with Gasteiger partial charge >= 0.3 is 0 Å². The van der Waals surface area contributed by atoms with Crippen molar-refractivity contribution in [3.05, 3.63) is 46.2 Å². The van der Waals surface area contributed by atoms with Crippen molar-refractivity contribution in [2.45, 2.75) is 18.9 Å². The molecule has 1 aliphatic heterocycles. The number of nitrogens with one attached hydrogen (secondary N) is 1. The summed E-state index contributed by atoms with van der Waals surface area (Å²) in [7, 11) is 1.52. The summed E-state index contributed by atoms with van der Waals surface area (Å²) in [5.74, 6) is 0.189. The maximum atomic E-state index is 12.4. The van der Waals surface area contributed by atoms with Gasteiger partial charge in [0.05, 0.1) is 18.7 Å². The highest BCUT2D eigenvalue weighted by Crippen LogP contribution is 2.28. The van der Waals surface area contributed by atoms with Gasteiger partial charge < -0.3 is 15.2 Å². The van der Waals surface area contributed by atoms with Crippen LogP contribution >= 0.6 is 11.3 Å². The van der Waals surface area contributed by atoms with E-state index < -0.39 is 0 Å². The summed E-state index contributed by atoms with van der Waals surface area (Å²) >= 11 is 1.71. The number of ether oxygens (including phenoxy) is 1. The molecular formula is C18H22N2O3S. The molecule has 1 amide bonds. The van der Waals surface area contributed by atoms with Crippen molar-refractivity contribution in [1.82, 2.24) is 10.2 Å². The van der Waals surface area contributed by atoms with E-state index in [2.05, 4.69) is 21.7 Å². The van der Waals surface area contributed by atoms with Crippen LogP contribution in [0.5, 0.6) is 11.5 Å². The van der Waals surface area contributed by atoms with Gasteiger partial charge in [0.25, 0.3) is 5.91 Å². The van der Waals surface area contributed by atoms with Gasteiger partial charge in [-0.1, -0.05) is 6.07 Å². The molecular weight excluding hydrogens is 324 g/mol. The van der Waals surface area contributed by atoms with Crippen LogP contribution in [-0.4, -0.2) is 42.7 Å². The topological polar surface area (TPSA) is 61.8 Å². The molecule has 2 aromatic rings. The second kappa shape index (κ2) is 7.68. The molecule has 2 N–H and O–H groups in total. The molecule has 6 heteroatoms. The molecule has 0 spiro atoms. The number of benzene rings is 1. The third-order valence-corrected chi connectivity index (χ3v) is 5.33. The SMILES string of the molecule is COc1ccc(C(=O)NCC(c2cccs2)N2CCCC2)c(O)c1. The van der Waals surface area contributed by atoms with E-state index in [0.717, 1.165) is 13.1 Å². The number of amides is 1. The lowest BCUT2D eigenvalue weighted by molar-refractivity contribution is 0.0935. The van der Waals surface area contributed by atoms with Crippen LogP contribution in [0.15, 0.2) is 35.7 Å². The first-order valence-electron chi connectivity index (χ1n) is 8.11. The van der Waals surface area contributed by atoms with Crippen LogP contribution in [0.1, 0.15) is 34.1 Å². The predicted molar refractivity (Wildman–Crippen MR) is 94.9 cm³/mol. The first-order chi connectivity index (χ1) is 11.7. The zero-order chi connectivity index (χ0) is 16.9. The van der Waals surface area contributed by atoms with Crippen LogP contribution in [0.3, 0.4) is 0 Å². The minimum Gasteiger partial charge on any atom is -0.507 e. The first-order valence-corrected chi connectivity index (χ1v) is 8.99. The molecule has 1 saturated heterocycles.